The summed E-state index contributed by atoms with van der Waals surface area (Å²) in [7, 11) is 1.91. The maximum Gasteiger partial charge on any atom is 0.122 e. The molecule has 0 amide bonds. The first-order chi connectivity index (χ1) is 6.88. The molecule has 0 aliphatic rings. The fourth-order valence-electron chi connectivity index (χ4n) is 1.36. The summed E-state index contributed by atoms with van der Waals surface area (Å²) in [5, 5.41) is 11.5. The van der Waals surface area contributed by atoms with Crippen LogP contribution in [0.5, 0.6) is 0 Å². The topological polar surface area (TPSA) is 53.6 Å². The molecule has 1 aromatic heterocycles. The van der Waals surface area contributed by atoms with Crippen molar-refractivity contribution in [1.29, 1.82) is 5.26 Å². The van der Waals surface area contributed by atoms with Gasteiger partial charge in [-0.1, -0.05) is 0 Å². The van der Waals surface area contributed by atoms with Gasteiger partial charge in [0.25, 0.3) is 0 Å². The maximum absolute atomic E-state index is 8.38. The van der Waals surface area contributed by atoms with Crippen LogP contribution in [0.3, 0.4) is 0 Å². The van der Waals surface area contributed by atoms with Crippen molar-refractivity contribution < 1.29 is 0 Å². The van der Waals surface area contributed by atoms with Gasteiger partial charge in [-0.25, -0.2) is 4.98 Å². The van der Waals surface area contributed by atoms with E-state index in [0.717, 1.165) is 31.8 Å². The largest absolute Gasteiger partial charge is 0.334 e. The van der Waals surface area contributed by atoms with Crippen molar-refractivity contribution in [1.82, 2.24) is 14.9 Å². The highest BCUT2D eigenvalue weighted by Gasteiger charge is 2.00. The Balaban J connectivity index is 2.34. The predicted molar refractivity (Wildman–Crippen MR) is 54.5 cm³/mol. The monoisotopic (exact) mass is 192 g/mol. The van der Waals surface area contributed by atoms with E-state index in [-0.39, 0.29) is 0 Å². The van der Waals surface area contributed by atoms with E-state index in [2.05, 4.69) is 20.9 Å². The van der Waals surface area contributed by atoms with Crippen molar-refractivity contribution in [3.8, 4) is 6.07 Å². The highest BCUT2D eigenvalue weighted by molar-refractivity contribution is 4.91. The van der Waals surface area contributed by atoms with Gasteiger partial charge in [0.15, 0.2) is 0 Å². The number of nitrogens with one attached hydrogen (secondary N) is 1. The van der Waals surface area contributed by atoms with Crippen molar-refractivity contribution in [2.24, 2.45) is 0 Å². The third-order valence-electron chi connectivity index (χ3n) is 2.07. The van der Waals surface area contributed by atoms with Gasteiger partial charge in [0.1, 0.15) is 5.82 Å². The molecule has 0 saturated heterocycles. The molecular weight excluding hydrogens is 176 g/mol. The molecule has 0 saturated carbocycles. The average Bonchev–Trinajstić information content (AvgIpc) is 2.61. The Labute approximate surface area is 84.6 Å². The Kier molecular flexibility index (Phi) is 4.73. The molecule has 0 spiro atoms. The maximum atomic E-state index is 8.38. The van der Waals surface area contributed by atoms with Gasteiger partial charge < -0.3 is 9.88 Å². The quantitative estimate of drug-likeness (QED) is 0.691. The van der Waals surface area contributed by atoms with Crippen molar-refractivity contribution in [2.45, 2.75) is 32.4 Å². The Bertz CT molecular complexity index is 297. The second-order valence-corrected chi connectivity index (χ2v) is 3.18. The molecule has 0 bridgehead atoms. The van der Waals surface area contributed by atoms with Crippen molar-refractivity contribution in [3.05, 3.63) is 18.2 Å². The number of unbranched alkanes of at least 4 members (excludes halogenated alkanes) is 2. The minimum absolute atomic E-state index is 0.649. The zero-order valence-electron chi connectivity index (χ0n) is 8.53. The van der Waals surface area contributed by atoms with E-state index in [0.29, 0.717) is 6.42 Å². The summed E-state index contributed by atoms with van der Waals surface area (Å²) >= 11 is 0. The number of imidazole rings is 1. The van der Waals surface area contributed by atoms with Gasteiger partial charge in [0.2, 0.25) is 0 Å². The van der Waals surface area contributed by atoms with E-state index in [1.165, 1.54) is 0 Å². The molecule has 0 unspecified atom stereocenters. The summed E-state index contributed by atoms with van der Waals surface area (Å²) < 4.78 is 2.13. The zero-order chi connectivity index (χ0) is 10.2. The van der Waals surface area contributed by atoms with Crippen LogP contribution < -0.4 is 5.32 Å². The number of nitrogens with zero attached hydrogens (tertiary/aromatic N) is 3. The summed E-state index contributed by atoms with van der Waals surface area (Å²) in [6.45, 7) is 1.75. The van der Waals surface area contributed by atoms with Crippen LogP contribution in [0.15, 0.2) is 12.4 Å². The molecule has 4 nitrogen and oxygen atoms in total. The molecule has 1 rings (SSSR count). The Morgan fingerprint density at radius 2 is 2.43 bits per heavy atom. The lowest BCUT2D eigenvalue weighted by Gasteiger charge is -2.05. The summed E-state index contributed by atoms with van der Waals surface area (Å²) in [5.41, 5.74) is 0. The smallest absolute Gasteiger partial charge is 0.122 e. The lowest BCUT2D eigenvalue weighted by Crippen LogP contribution is -2.12. The molecule has 4 heteroatoms. The molecule has 0 aromatic carbocycles. The minimum atomic E-state index is 0.649. The SMILES string of the molecule is CNCc1nccn1CCCCC#N. The first-order valence-electron chi connectivity index (χ1n) is 4.90. The summed E-state index contributed by atoms with van der Waals surface area (Å²) in [4.78, 5) is 4.24. The van der Waals surface area contributed by atoms with E-state index in [9.17, 15) is 0 Å². The van der Waals surface area contributed by atoms with Crippen molar-refractivity contribution in [2.75, 3.05) is 7.05 Å². The standard InChI is InChI=1S/C10H16N4/c1-12-9-10-13-6-8-14(10)7-4-2-3-5-11/h6,8,12H,2-4,7,9H2,1H3. The third kappa shape index (κ3) is 3.19. The molecule has 1 aromatic rings. The van der Waals surface area contributed by atoms with Crippen LogP contribution in [0.25, 0.3) is 0 Å². The summed E-state index contributed by atoms with van der Waals surface area (Å²) in [6, 6.07) is 2.15. The van der Waals surface area contributed by atoms with Crippen LogP contribution in [0.2, 0.25) is 0 Å². The van der Waals surface area contributed by atoms with Gasteiger partial charge in [0.05, 0.1) is 12.6 Å². The molecule has 0 radical (unpaired) electrons. The Morgan fingerprint density at radius 3 is 3.14 bits per heavy atom. The highest BCUT2D eigenvalue weighted by atomic mass is 15.1. The number of aryl methyl sites for hydroxylation is 1. The van der Waals surface area contributed by atoms with E-state index in [1.54, 1.807) is 0 Å². The normalized spacial score (nSPS) is 10.0. The van der Waals surface area contributed by atoms with Gasteiger partial charge in [-0.05, 0) is 19.9 Å². The fraction of sp³-hybridized carbons (Fsp3) is 0.600. The molecule has 76 valence electrons. The number of rotatable bonds is 6. The van der Waals surface area contributed by atoms with Gasteiger partial charge in [-0.2, -0.15) is 5.26 Å². The van der Waals surface area contributed by atoms with Crippen LogP contribution in [-0.2, 0) is 13.1 Å². The highest BCUT2D eigenvalue weighted by Crippen LogP contribution is 2.02. The molecule has 1 heterocycles. The van der Waals surface area contributed by atoms with Gasteiger partial charge in [-0.3, -0.25) is 0 Å². The van der Waals surface area contributed by atoms with Crippen LogP contribution in [0.1, 0.15) is 25.1 Å². The molecule has 14 heavy (non-hydrogen) atoms. The van der Waals surface area contributed by atoms with E-state index in [1.807, 2.05) is 19.4 Å². The van der Waals surface area contributed by atoms with Gasteiger partial charge in [-0.15, -0.1) is 0 Å². The lowest BCUT2D eigenvalue weighted by molar-refractivity contribution is 0.578. The summed E-state index contributed by atoms with van der Waals surface area (Å²) in [6.07, 6.45) is 6.46. The predicted octanol–water partition coefficient (Wildman–Crippen LogP) is 1.30. The minimum Gasteiger partial charge on any atom is -0.334 e. The Hall–Kier alpha value is -1.34. The Morgan fingerprint density at radius 1 is 1.57 bits per heavy atom. The molecular formula is C10H16N4. The first kappa shape index (κ1) is 10.7. The number of hydrogen-bond acceptors (Lipinski definition) is 3. The van der Waals surface area contributed by atoms with Crippen LogP contribution in [0, 0.1) is 11.3 Å². The summed E-state index contributed by atoms with van der Waals surface area (Å²) in [5.74, 6) is 1.06. The zero-order valence-corrected chi connectivity index (χ0v) is 8.53. The first-order valence-corrected chi connectivity index (χ1v) is 4.90. The van der Waals surface area contributed by atoms with E-state index in [4.69, 9.17) is 5.26 Å². The van der Waals surface area contributed by atoms with Crippen molar-refractivity contribution in [3.63, 3.8) is 0 Å². The number of hydrogen-bond donors (Lipinski definition) is 1. The van der Waals surface area contributed by atoms with Crippen LogP contribution >= 0.6 is 0 Å². The van der Waals surface area contributed by atoms with E-state index < -0.39 is 0 Å². The van der Waals surface area contributed by atoms with E-state index >= 15 is 0 Å². The third-order valence-corrected chi connectivity index (χ3v) is 2.07. The van der Waals surface area contributed by atoms with Gasteiger partial charge >= 0.3 is 0 Å². The molecule has 0 aliphatic carbocycles. The second kappa shape index (κ2) is 6.17. The lowest BCUT2D eigenvalue weighted by atomic mass is 10.2. The van der Waals surface area contributed by atoms with Crippen LogP contribution in [-0.4, -0.2) is 16.6 Å². The number of nitriles is 1. The molecule has 0 fully saturated rings. The van der Waals surface area contributed by atoms with Gasteiger partial charge in [0, 0.05) is 25.4 Å². The van der Waals surface area contributed by atoms with Crippen molar-refractivity contribution >= 4 is 0 Å². The molecule has 0 atom stereocenters. The molecule has 1 N–H and O–H groups in total. The molecule has 0 aliphatic heterocycles. The number of aromatic nitrogens is 2. The fourth-order valence-corrected chi connectivity index (χ4v) is 1.36. The van der Waals surface area contributed by atoms with Crippen LogP contribution in [0.4, 0.5) is 0 Å². The second-order valence-electron chi connectivity index (χ2n) is 3.18. The average molecular weight is 192 g/mol.